The molecule has 3 nitrogen and oxygen atoms in total. The van der Waals surface area contributed by atoms with Crippen molar-refractivity contribution in [3.05, 3.63) is 53.6 Å². The zero-order valence-corrected chi connectivity index (χ0v) is 11.0. The molecule has 19 heavy (non-hydrogen) atoms. The number of aromatic nitrogens is 2. The Morgan fingerprint density at radius 3 is 2.74 bits per heavy atom. The second kappa shape index (κ2) is 5.48. The van der Waals surface area contributed by atoms with Crippen molar-refractivity contribution < 1.29 is 8.78 Å². The molecule has 1 aromatic carbocycles. The van der Waals surface area contributed by atoms with E-state index in [2.05, 4.69) is 4.98 Å². The van der Waals surface area contributed by atoms with Gasteiger partial charge in [0.25, 0.3) is 0 Å². The SMILES string of the molecule is CC(C)c1nccn1CC(N)c1cccc(F)c1F. The summed E-state index contributed by atoms with van der Waals surface area (Å²) in [7, 11) is 0. The number of hydrogen-bond acceptors (Lipinski definition) is 2. The van der Waals surface area contributed by atoms with Gasteiger partial charge in [-0.1, -0.05) is 26.0 Å². The molecular formula is C14H17F2N3. The van der Waals surface area contributed by atoms with Gasteiger partial charge in [-0.3, -0.25) is 0 Å². The highest BCUT2D eigenvalue weighted by atomic mass is 19.2. The predicted molar refractivity (Wildman–Crippen MR) is 69.6 cm³/mol. The fourth-order valence-corrected chi connectivity index (χ4v) is 2.09. The van der Waals surface area contributed by atoms with E-state index < -0.39 is 17.7 Å². The highest BCUT2D eigenvalue weighted by Gasteiger charge is 2.17. The van der Waals surface area contributed by atoms with Crippen molar-refractivity contribution in [3.8, 4) is 0 Å². The standard InChI is InChI=1S/C14H17F2N3/c1-9(2)14-18-6-7-19(14)8-12(17)10-4-3-5-11(15)13(10)16/h3-7,9,12H,8,17H2,1-2H3. The molecule has 1 aromatic heterocycles. The number of halogens is 2. The first-order chi connectivity index (χ1) is 9.00. The van der Waals surface area contributed by atoms with E-state index in [0.717, 1.165) is 11.9 Å². The molecule has 2 aromatic rings. The van der Waals surface area contributed by atoms with Gasteiger partial charge >= 0.3 is 0 Å². The van der Waals surface area contributed by atoms with Gasteiger partial charge in [0, 0.05) is 30.4 Å². The molecule has 0 amide bonds. The van der Waals surface area contributed by atoms with E-state index in [1.54, 1.807) is 12.4 Å². The summed E-state index contributed by atoms with van der Waals surface area (Å²) in [6, 6.07) is 3.45. The van der Waals surface area contributed by atoms with Gasteiger partial charge in [-0.05, 0) is 6.07 Å². The molecule has 0 fully saturated rings. The molecule has 0 radical (unpaired) electrons. The van der Waals surface area contributed by atoms with Crippen LogP contribution in [0.4, 0.5) is 8.78 Å². The zero-order chi connectivity index (χ0) is 14.0. The summed E-state index contributed by atoms with van der Waals surface area (Å²) in [4.78, 5) is 4.24. The first-order valence-corrected chi connectivity index (χ1v) is 6.21. The topological polar surface area (TPSA) is 43.8 Å². The minimum atomic E-state index is -0.874. The maximum Gasteiger partial charge on any atom is 0.163 e. The Bertz CT molecular complexity index is 564. The lowest BCUT2D eigenvalue weighted by atomic mass is 10.1. The number of rotatable bonds is 4. The molecule has 0 aliphatic rings. The molecule has 1 heterocycles. The molecule has 0 aliphatic heterocycles. The number of nitrogens with zero attached hydrogens (tertiary/aromatic N) is 2. The summed E-state index contributed by atoms with van der Waals surface area (Å²) >= 11 is 0. The largest absolute Gasteiger partial charge is 0.333 e. The number of hydrogen-bond donors (Lipinski definition) is 1. The second-order valence-corrected chi connectivity index (χ2v) is 4.84. The van der Waals surface area contributed by atoms with E-state index >= 15 is 0 Å². The normalized spacial score (nSPS) is 12.9. The maximum atomic E-state index is 13.7. The van der Waals surface area contributed by atoms with Crippen LogP contribution < -0.4 is 5.73 Å². The van der Waals surface area contributed by atoms with Crippen molar-refractivity contribution in [2.24, 2.45) is 5.73 Å². The zero-order valence-electron chi connectivity index (χ0n) is 11.0. The Balaban J connectivity index is 2.23. The highest BCUT2D eigenvalue weighted by Crippen LogP contribution is 2.21. The van der Waals surface area contributed by atoms with Gasteiger partial charge < -0.3 is 10.3 Å². The van der Waals surface area contributed by atoms with E-state index in [1.807, 2.05) is 18.4 Å². The fourth-order valence-electron chi connectivity index (χ4n) is 2.09. The van der Waals surface area contributed by atoms with Gasteiger partial charge in [0.2, 0.25) is 0 Å². The van der Waals surface area contributed by atoms with Crippen molar-refractivity contribution in [1.29, 1.82) is 0 Å². The molecule has 0 saturated heterocycles. The summed E-state index contributed by atoms with van der Waals surface area (Å²) in [5.74, 6) is -0.615. The first-order valence-electron chi connectivity index (χ1n) is 6.21. The maximum absolute atomic E-state index is 13.7. The van der Waals surface area contributed by atoms with Gasteiger partial charge in [0.05, 0.1) is 6.04 Å². The Morgan fingerprint density at radius 2 is 2.05 bits per heavy atom. The van der Waals surface area contributed by atoms with Crippen LogP contribution in [0.1, 0.15) is 37.2 Å². The van der Waals surface area contributed by atoms with Crippen molar-refractivity contribution in [1.82, 2.24) is 9.55 Å². The average Bonchev–Trinajstić information content (AvgIpc) is 2.80. The second-order valence-electron chi connectivity index (χ2n) is 4.84. The third kappa shape index (κ3) is 2.81. The van der Waals surface area contributed by atoms with E-state index in [1.165, 1.54) is 12.1 Å². The fraction of sp³-hybridized carbons (Fsp3) is 0.357. The summed E-state index contributed by atoms with van der Waals surface area (Å²) in [6.07, 6.45) is 3.48. The first kappa shape index (κ1) is 13.7. The minimum Gasteiger partial charge on any atom is -0.333 e. The van der Waals surface area contributed by atoms with Gasteiger partial charge in [0.1, 0.15) is 5.82 Å². The molecule has 1 atom stereocenters. The van der Waals surface area contributed by atoms with Crippen molar-refractivity contribution in [3.63, 3.8) is 0 Å². The molecule has 2 N–H and O–H groups in total. The lowest BCUT2D eigenvalue weighted by Crippen LogP contribution is -2.20. The van der Waals surface area contributed by atoms with Gasteiger partial charge in [-0.25, -0.2) is 13.8 Å². The van der Waals surface area contributed by atoms with Crippen LogP contribution in [-0.4, -0.2) is 9.55 Å². The van der Waals surface area contributed by atoms with Crippen LogP contribution in [0.3, 0.4) is 0 Å². The third-order valence-corrected chi connectivity index (χ3v) is 3.04. The van der Waals surface area contributed by atoms with Crippen LogP contribution in [0.25, 0.3) is 0 Å². The van der Waals surface area contributed by atoms with Crippen molar-refractivity contribution in [2.75, 3.05) is 0 Å². The van der Waals surface area contributed by atoms with E-state index in [0.29, 0.717) is 6.54 Å². The third-order valence-electron chi connectivity index (χ3n) is 3.04. The van der Waals surface area contributed by atoms with Crippen LogP contribution in [0.5, 0.6) is 0 Å². The van der Waals surface area contributed by atoms with Gasteiger partial charge in [-0.2, -0.15) is 0 Å². The molecule has 0 saturated carbocycles. The molecule has 2 rings (SSSR count). The average molecular weight is 265 g/mol. The Hall–Kier alpha value is -1.75. The Morgan fingerprint density at radius 1 is 1.32 bits per heavy atom. The molecule has 0 aliphatic carbocycles. The number of benzene rings is 1. The highest BCUT2D eigenvalue weighted by molar-refractivity contribution is 5.22. The molecular weight excluding hydrogens is 248 g/mol. The molecule has 5 heteroatoms. The molecule has 1 unspecified atom stereocenters. The molecule has 0 bridgehead atoms. The summed E-state index contributed by atoms with van der Waals surface area (Å²) < 4.78 is 28.7. The van der Waals surface area contributed by atoms with Crippen LogP contribution in [0.2, 0.25) is 0 Å². The smallest absolute Gasteiger partial charge is 0.163 e. The van der Waals surface area contributed by atoms with Crippen LogP contribution >= 0.6 is 0 Å². The molecule has 102 valence electrons. The van der Waals surface area contributed by atoms with Gasteiger partial charge in [0.15, 0.2) is 11.6 Å². The molecule has 0 spiro atoms. The van der Waals surface area contributed by atoms with E-state index in [9.17, 15) is 8.78 Å². The summed E-state index contributed by atoms with van der Waals surface area (Å²) in [5, 5.41) is 0. The number of imidazole rings is 1. The van der Waals surface area contributed by atoms with Crippen LogP contribution in [-0.2, 0) is 6.54 Å². The quantitative estimate of drug-likeness (QED) is 0.923. The van der Waals surface area contributed by atoms with Crippen molar-refractivity contribution >= 4 is 0 Å². The minimum absolute atomic E-state index is 0.184. The lowest BCUT2D eigenvalue weighted by Gasteiger charge is -2.17. The van der Waals surface area contributed by atoms with Crippen LogP contribution in [0.15, 0.2) is 30.6 Å². The lowest BCUT2D eigenvalue weighted by molar-refractivity contribution is 0.469. The Labute approximate surface area is 111 Å². The summed E-state index contributed by atoms with van der Waals surface area (Å²) in [6.45, 7) is 4.41. The van der Waals surface area contributed by atoms with Crippen LogP contribution in [0, 0.1) is 11.6 Å². The van der Waals surface area contributed by atoms with Gasteiger partial charge in [-0.15, -0.1) is 0 Å². The predicted octanol–water partition coefficient (Wildman–Crippen LogP) is 2.98. The Kier molecular flexibility index (Phi) is 3.95. The van der Waals surface area contributed by atoms with E-state index in [4.69, 9.17) is 5.73 Å². The number of nitrogens with two attached hydrogens (primary N) is 1. The van der Waals surface area contributed by atoms with Crippen molar-refractivity contribution in [2.45, 2.75) is 32.4 Å². The monoisotopic (exact) mass is 265 g/mol. The van der Waals surface area contributed by atoms with E-state index in [-0.39, 0.29) is 11.5 Å². The summed E-state index contributed by atoms with van der Waals surface area (Å²) in [5.41, 5.74) is 6.15.